The van der Waals surface area contributed by atoms with Crippen LogP contribution < -0.4 is 5.32 Å². The van der Waals surface area contributed by atoms with Crippen molar-refractivity contribution in [2.45, 2.75) is 25.8 Å². The van der Waals surface area contributed by atoms with Gasteiger partial charge in [-0.15, -0.1) is 5.11 Å². The lowest BCUT2D eigenvalue weighted by Crippen LogP contribution is -2.47. The van der Waals surface area contributed by atoms with E-state index < -0.39 is 11.5 Å². The van der Waals surface area contributed by atoms with Crippen molar-refractivity contribution < 1.29 is 19.8 Å². The lowest BCUT2D eigenvalue weighted by atomic mass is 10.0. The molecule has 1 aromatic heterocycles. The first-order valence-electron chi connectivity index (χ1n) is 6.49. The van der Waals surface area contributed by atoms with Crippen LogP contribution in [0.5, 0.6) is 11.9 Å². The van der Waals surface area contributed by atoms with Gasteiger partial charge in [-0.25, -0.2) is 4.79 Å². The summed E-state index contributed by atoms with van der Waals surface area (Å²) < 4.78 is 0. The molecule has 1 fully saturated rings. The Morgan fingerprint density at radius 2 is 1.91 bits per heavy atom. The molecule has 0 saturated carbocycles. The highest BCUT2D eigenvalue weighted by Crippen LogP contribution is 2.43. The van der Waals surface area contributed by atoms with E-state index in [1.165, 1.54) is 4.90 Å². The highest BCUT2D eigenvalue weighted by atomic mass is 16.3. The number of carbonyl (C=O) groups excluding carboxylic acids is 2. The van der Waals surface area contributed by atoms with Gasteiger partial charge in [0.15, 0.2) is 5.69 Å². The largest absolute Gasteiger partial charge is 0.492 e. The predicted octanol–water partition coefficient (Wildman–Crippen LogP) is 0.778. The normalized spacial score (nSPS) is 18.4. The summed E-state index contributed by atoms with van der Waals surface area (Å²) in [5.74, 6) is -0.519. The average Bonchev–Trinajstić information content (AvgIpc) is 2.71. The molecule has 10 nitrogen and oxygen atoms in total. The van der Waals surface area contributed by atoms with Crippen LogP contribution in [-0.4, -0.2) is 50.6 Å². The molecule has 3 rings (SSSR count). The summed E-state index contributed by atoms with van der Waals surface area (Å²) in [6.45, 7) is 4.10. The van der Waals surface area contributed by atoms with Crippen molar-refractivity contribution in [2.75, 3.05) is 13.6 Å². The summed E-state index contributed by atoms with van der Waals surface area (Å²) in [5.41, 5.74) is 0.0769. The number of aromatic hydroxyl groups is 2. The third-order valence-electron chi connectivity index (χ3n) is 3.10. The zero-order chi connectivity index (χ0) is 16.5. The van der Waals surface area contributed by atoms with Crippen LogP contribution in [-0.2, 0) is 10.3 Å². The maximum absolute atomic E-state index is 10.6. The van der Waals surface area contributed by atoms with Crippen LogP contribution in [0.4, 0.5) is 10.5 Å². The minimum atomic E-state index is -0.604. The number of nitrogens with one attached hydrogen (secondary N) is 1. The fraction of sp³-hybridized carbons (Fsp3) is 0.500. The molecule has 1 saturated heterocycles. The van der Waals surface area contributed by atoms with E-state index >= 15 is 0 Å². The number of urea groups is 1. The summed E-state index contributed by atoms with van der Waals surface area (Å²) in [7, 11) is 1.65. The number of amides is 3. The van der Waals surface area contributed by atoms with E-state index in [0.717, 1.165) is 0 Å². The third-order valence-corrected chi connectivity index (χ3v) is 3.10. The van der Waals surface area contributed by atoms with Crippen molar-refractivity contribution >= 4 is 17.6 Å². The van der Waals surface area contributed by atoms with Gasteiger partial charge in [-0.05, 0) is 13.8 Å². The van der Waals surface area contributed by atoms with Crippen LogP contribution in [0.2, 0.25) is 0 Å². The molecule has 1 aromatic rings. The Labute approximate surface area is 125 Å². The predicted molar refractivity (Wildman–Crippen MR) is 73.7 cm³/mol. The monoisotopic (exact) mass is 308 g/mol. The molecule has 2 aliphatic rings. The van der Waals surface area contributed by atoms with Crippen molar-refractivity contribution in [3.05, 3.63) is 5.69 Å². The lowest BCUT2D eigenvalue weighted by molar-refractivity contribution is -0.121. The Morgan fingerprint density at radius 3 is 2.50 bits per heavy atom. The highest BCUT2D eigenvalue weighted by molar-refractivity contribution is 5.96. The van der Waals surface area contributed by atoms with Crippen LogP contribution in [0.3, 0.4) is 0 Å². The molecular weight excluding hydrogens is 292 g/mol. The Bertz CT molecular complexity index is 657. The second-order valence-electron chi connectivity index (χ2n) is 5.33. The number of imide groups is 1. The summed E-state index contributed by atoms with van der Waals surface area (Å²) >= 11 is 0. The van der Waals surface area contributed by atoms with E-state index in [1.54, 1.807) is 20.9 Å². The van der Waals surface area contributed by atoms with E-state index in [1.807, 2.05) is 0 Å². The summed E-state index contributed by atoms with van der Waals surface area (Å²) in [5, 5.41) is 28.1. The van der Waals surface area contributed by atoms with Crippen molar-refractivity contribution in [1.29, 1.82) is 0 Å². The molecule has 2 aliphatic heterocycles. The molecule has 0 atom stereocenters. The maximum Gasteiger partial charge on any atom is 0.323 e. The molecule has 118 valence electrons. The Kier molecular flexibility index (Phi) is 3.93. The molecule has 3 N–H and O–H groups in total. The minimum absolute atomic E-state index is 0.182. The van der Waals surface area contributed by atoms with Gasteiger partial charge in [0.2, 0.25) is 11.8 Å². The Hall–Kier alpha value is -2.78. The molecule has 0 aromatic carbocycles. The summed E-state index contributed by atoms with van der Waals surface area (Å²) in [4.78, 5) is 29.7. The second-order valence-corrected chi connectivity index (χ2v) is 5.33. The zero-order valence-electron chi connectivity index (χ0n) is 12.4. The van der Waals surface area contributed by atoms with Crippen LogP contribution in [0.1, 0.15) is 26.0 Å². The topological polar surface area (TPSA) is 140 Å². The first-order chi connectivity index (χ1) is 10.2. The molecule has 3 amide bonds. The number of nitrogens with zero attached hydrogens (tertiary/aromatic N) is 5. The Morgan fingerprint density at radius 1 is 1.23 bits per heavy atom. The first-order valence-corrected chi connectivity index (χ1v) is 6.49. The van der Waals surface area contributed by atoms with Crippen LogP contribution in [0.25, 0.3) is 0 Å². The van der Waals surface area contributed by atoms with E-state index in [4.69, 9.17) is 5.11 Å². The van der Waals surface area contributed by atoms with Gasteiger partial charge < -0.3 is 15.1 Å². The number of rotatable bonds is 0. The van der Waals surface area contributed by atoms with Gasteiger partial charge in [0.1, 0.15) is 11.2 Å². The minimum Gasteiger partial charge on any atom is -0.492 e. The summed E-state index contributed by atoms with van der Waals surface area (Å²) in [6.07, 6.45) is 0.419. The van der Waals surface area contributed by atoms with Gasteiger partial charge in [0, 0.05) is 20.0 Å². The number of hydrogen-bond acceptors (Lipinski definition) is 8. The van der Waals surface area contributed by atoms with Crippen molar-refractivity contribution in [3.8, 4) is 11.9 Å². The third kappa shape index (κ3) is 3.10. The van der Waals surface area contributed by atoms with Crippen molar-refractivity contribution in [3.63, 3.8) is 0 Å². The SMILES string of the molecule is CC1(C)N=Nc2c(O)nc(O)nc21.CN1CCC(=O)NC1=O. The van der Waals surface area contributed by atoms with Gasteiger partial charge in [-0.1, -0.05) is 0 Å². The van der Waals surface area contributed by atoms with Crippen LogP contribution >= 0.6 is 0 Å². The quantitative estimate of drug-likeness (QED) is 0.646. The number of hydrogen-bond donors (Lipinski definition) is 3. The van der Waals surface area contributed by atoms with Crippen molar-refractivity contribution in [1.82, 2.24) is 20.2 Å². The first kappa shape index (κ1) is 15.6. The van der Waals surface area contributed by atoms with E-state index in [0.29, 0.717) is 18.7 Å². The fourth-order valence-corrected chi connectivity index (χ4v) is 1.82. The van der Waals surface area contributed by atoms with Gasteiger partial charge in [0.25, 0.3) is 0 Å². The van der Waals surface area contributed by atoms with E-state index in [2.05, 4.69) is 25.5 Å². The maximum atomic E-state index is 10.6. The number of carbonyl (C=O) groups is 2. The molecule has 0 aliphatic carbocycles. The molecule has 0 spiro atoms. The van der Waals surface area contributed by atoms with Gasteiger partial charge in [-0.3, -0.25) is 10.1 Å². The highest BCUT2D eigenvalue weighted by Gasteiger charge is 2.33. The zero-order valence-corrected chi connectivity index (χ0v) is 12.4. The Balaban J connectivity index is 0.000000172. The molecular formula is C12H16N6O4. The molecule has 0 radical (unpaired) electrons. The van der Waals surface area contributed by atoms with Crippen LogP contribution in [0.15, 0.2) is 10.2 Å². The van der Waals surface area contributed by atoms with Crippen molar-refractivity contribution in [2.24, 2.45) is 10.2 Å². The van der Waals surface area contributed by atoms with E-state index in [9.17, 15) is 14.7 Å². The van der Waals surface area contributed by atoms with Gasteiger partial charge in [-0.2, -0.15) is 15.1 Å². The van der Waals surface area contributed by atoms with Gasteiger partial charge >= 0.3 is 12.0 Å². The lowest BCUT2D eigenvalue weighted by Gasteiger charge is -2.21. The molecule has 3 heterocycles. The number of fused-ring (bicyclic) bond motifs is 1. The summed E-state index contributed by atoms with van der Waals surface area (Å²) in [6, 6.07) is -0.761. The average molecular weight is 308 g/mol. The number of azo groups is 1. The van der Waals surface area contributed by atoms with Crippen LogP contribution in [0, 0.1) is 0 Å². The standard InChI is InChI=1S/C7H8N4O2.C5H8N2O2/c1-7(2)4-3(10-11-7)5(12)9-6(13)8-4;1-7-3-2-4(8)6-5(7)9/h1-2H3,(H2,8,9,12,13);2-3H2,1H3,(H,6,8,9). The molecule has 0 unspecified atom stereocenters. The fourth-order valence-electron chi connectivity index (χ4n) is 1.82. The van der Waals surface area contributed by atoms with E-state index in [-0.39, 0.29) is 23.5 Å². The molecule has 10 heteroatoms. The second kappa shape index (κ2) is 5.54. The molecule has 22 heavy (non-hydrogen) atoms. The number of aromatic nitrogens is 2. The van der Waals surface area contributed by atoms with Gasteiger partial charge in [0.05, 0.1) is 0 Å². The molecule has 0 bridgehead atoms. The smallest absolute Gasteiger partial charge is 0.323 e.